The van der Waals surface area contributed by atoms with E-state index in [-0.39, 0.29) is 0 Å². The molecule has 178 valence electrons. The van der Waals surface area contributed by atoms with Gasteiger partial charge in [0.25, 0.3) is 0 Å². The van der Waals surface area contributed by atoms with Gasteiger partial charge >= 0.3 is 0 Å². The van der Waals surface area contributed by atoms with E-state index in [0.29, 0.717) is 29.0 Å². The first-order chi connectivity index (χ1) is 16.2. The van der Waals surface area contributed by atoms with Gasteiger partial charge in [-0.25, -0.2) is 4.68 Å². The van der Waals surface area contributed by atoms with E-state index >= 15 is 0 Å². The molecule has 0 unspecified atom stereocenters. The number of hydrogen-bond donors (Lipinski definition) is 0. The molecule has 0 aliphatic heterocycles. The quantitative estimate of drug-likeness (QED) is 0.401. The summed E-state index contributed by atoms with van der Waals surface area (Å²) in [4.78, 5) is 0. The van der Waals surface area contributed by atoms with Crippen LogP contribution in [0.1, 0.15) is 57.3 Å². The van der Waals surface area contributed by atoms with Crippen LogP contribution in [0, 0.1) is 0 Å². The van der Waals surface area contributed by atoms with Crippen LogP contribution in [0.2, 0.25) is 0 Å². The Morgan fingerprint density at radius 3 is 2.33 bits per heavy atom. The zero-order chi connectivity index (χ0) is 23.2. The molecular formula is C22H31N7O3S. The maximum absolute atomic E-state index is 5.57. The van der Waals surface area contributed by atoms with E-state index in [1.807, 2.05) is 16.8 Å². The second kappa shape index (κ2) is 10.9. The molecule has 0 radical (unpaired) electrons. The van der Waals surface area contributed by atoms with Gasteiger partial charge in [0.1, 0.15) is 0 Å². The molecule has 0 atom stereocenters. The van der Waals surface area contributed by atoms with E-state index in [0.717, 1.165) is 48.2 Å². The van der Waals surface area contributed by atoms with Gasteiger partial charge in [-0.15, -0.1) is 15.3 Å². The fraction of sp³-hybridized carbons (Fsp3) is 0.591. The third-order valence-electron chi connectivity index (χ3n) is 5.90. The first-order valence-electron chi connectivity index (χ1n) is 11.3. The molecule has 33 heavy (non-hydrogen) atoms. The highest BCUT2D eigenvalue weighted by Gasteiger charge is 2.26. The normalized spacial score (nSPS) is 14.4. The first-order valence-corrected chi connectivity index (χ1v) is 12.3. The summed E-state index contributed by atoms with van der Waals surface area (Å²) < 4.78 is 20.8. The average molecular weight is 474 g/mol. The monoisotopic (exact) mass is 473 g/mol. The summed E-state index contributed by atoms with van der Waals surface area (Å²) in [5, 5.41) is 22.2. The molecule has 0 spiro atoms. The topological polar surface area (TPSA) is 102 Å². The summed E-state index contributed by atoms with van der Waals surface area (Å²) in [5.74, 6) is 4.03. The van der Waals surface area contributed by atoms with Crippen LogP contribution in [0.4, 0.5) is 0 Å². The lowest BCUT2D eigenvalue weighted by molar-refractivity contribution is 0.324. The number of rotatable bonds is 10. The lowest BCUT2D eigenvalue weighted by Crippen LogP contribution is -2.15. The lowest BCUT2D eigenvalue weighted by atomic mass is 9.95. The largest absolute Gasteiger partial charge is 0.493 e. The van der Waals surface area contributed by atoms with Gasteiger partial charge in [-0.2, -0.15) is 0 Å². The van der Waals surface area contributed by atoms with E-state index in [1.54, 1.807) is 33.1 Å². The Morgan fingerprint density at radius 2 is 1.70 bits per heavy atom. The molecule has 0 amide bonds. The zero-order valence-corrected chi connectivity index (χ0v) is 20.5. The molecule has 3 aromatic rings. The van der Waals surface area contributed by atoms with Crippen LogP contribution in [0.3, 0.4) is 0 Å². The van der Waals surface area contributed by atoms with E-state index in [1.165, 1.54) is 19.3 Å². The zero-order valence-electron chi connectivity index (χ0n) is 19.7. The molecule has 1 fully saturated rings. The Kier molecular flexibility index (Phi) is 7.69. The van der Waals surface area contributed by atoms with Gasteiger partial charge in [0.2, 0.25) is 5.75 Å². The van der Waals surface area contributed by atoms with Gasteiger partial charge in [-0.3, -0.25) is 4.57 Å². The Bertz CT molecular complexity index is 1040. The number of aromatic nitrogens is 7. The summed E-state index contributed by atoms with van der Waals surface area (Å²) in [6.45, 7) is 2.91. The number of ether oxygens (including phenoxy) is 3. The molecule has 1 aromatic carbocycles. The predicted octanol–water partition coefficient (Wildman–Crippen LogP) is 4.16. The Morgan fingerprint density at radius 1 is 0.970 bits per heavy atom. The van der Waals surface area contributed by atoms with Gasteiger partial charge in [0.05, 0.1) is 27.1 Å². The smallest absolute Gasteiger partial charge is 0.203 e. The Hall–Kier alpha value is -2.82. The number of hydrogen-bond acceptors (Lipinski definition) is 9. The Labute approximate surface area is 198 Å². The highest BCUT2D eigenvalue weighted by atomic mass is 32.2. The summed E-state index contributed by atoms with van der Waals surface area (Å²) in [5.41, 5.74) is 0.880. The van der Waals surface area contributed by atoms with Crippen molar-refractivity contribution in [2.45, 2.75) is 68.9 Å². The van der Waals surface area contributed by atoms with Crippen molar-refractivity contribution in [3.05, 3.63) is 18.0 Å². The second-order valence-corrected chi connectivity index (χ2v) is 8.93. The molecule has 11 heteroatoms. The van der Waals surface area contributed by atoms with Crippen LogP contribution in [0.15, 0.2) is 17.3 Å². The molecule has 10 nitrogen and oxygen atoms in total. The minimum absolute atomic E-state index is 0.344. The van der Waals surface area contributed by atoms with Crippen LogP contribution in [0.5, 0.6) is 17.2 Å². The maximum atomic E-state index is 5.57. The van der Waals surface area contributed by atoms with Gasteiger partial charge in [-0.1, -0.05) is 37.9 Å². The molecule has 1 aliphatic rings. The highest BCUT2D eigenvalue weighted by Crippen LogP contribution is 2.43. The Balaban J connectivity index is 1.71. The third-order valence-corrected chi connectivity index (χ3v) is 6.84. The van der Waals surface area contributed by atoms with Crippen LogP contribution in [-0.2, 0) is 12.3 Å². The van der Waals surface area contributed by atoms with E-state index < -0.39 is 0 Å². The predicted molar refractivity (Wildman–Crippen MR) is 125 cm³/mol. The summed E-state index contributed by atoms with van der Waals surface area (Å²) in [6, 6.07) is 4.21. The van der Waals surface area contributed by atoms with Gasteiger partial charge < -0.3 is 14.2 Å². The molecule has 1 saturated carbocycles. The first kappa shape index (κ1) is 23.3. The van der Waals surface area contributed by atoms with Crippen molar-refractivity contribution in [3.63, 3.8) is 0 Å². The number of nitrogens with zero attached hydrogens (tertiary/aromatic N) is 7. The summed E-state index contributed by atoms with van der Waals surface area (Å²) >= 11 is 1.62. The van der Waals surface area contributed by atoms with Crippen LogP contribution >= 0.6 is 11.8 Å². The minimum atomic E-state index is 0.344. The van der Waals surface area contributed by atoms with Crippen molar-refractivity contribution in [2.75, 3.05) is 21.3 Å². The number of aryl methyl sites for hydroxylation is 1. The van der Waals surface area contributed by atoms with Crippen molar-refractivity contribution >= 4 is 11.8 Å². The molecule has 0 saturated heterocycles. The van der Waals surface area contributed by atoms with Gasteiger partial charge in [0.15, 0.2) is 28.3 Å². The second-order valence-electron chi connectivity index (χ2n) is 7.99. The average Bonchev–Trinajstić information content (AvgIpc) is 3.49. The number of benzene rings is 1. The summed E-state index contributed by atoms with van der Waals surface area (Å²) in [6.07, 6.45) is 6.87. The third kappa shape index (κ3) is 4.92. The van der Waals surface area contributed by atoms with Crippen molar-refractivity contribution < 1.29 is 14.2 Å². The molecule has 1 aliphatic carbocycles. The molecular weight excluding hydrogens is 442 g/mol. The summed E-state index contributed by atoms with van der Waals surface area (Å²) in [7, 11) is 4.84. The molecule has 2 heterocycles. The van der Waals surface area contributed by atoms with Gasteiger partial charge in [-0.05, 0) is 41.8 Å². The van der Waals surface area contributed by atoms with Crippen LogP contribution in [0.25, 0.3) is 11.4 Å². The fourth-order valence-electron chi connectivity index (χ4n) is 4.29. The van der Waals surface area contributed by atoms with Crippen LogP contribution < -0.4 is 14.2 Å². The molecule has 0 N–H and O–H groups in total. The fourth-order valence-corrected chi connectivity index (χ4v) is 5.23. The van der Waals surface area contributed by atoms with E-state index in [4.69, 9.17) is 14.2 Å². The molecule has 4 rings (SSSR count). The van der Waals surface area contributed by atoms with Crippen LogP contribution in [-0.4, -0.2) is 56.3 Å². The maximum Gasteiger partial charge on any atom is 0.203 e. The standard InChI is InChI=1S/C22H31N7O3S/c1-5-11-28-19(23-26-27-28)14-33-22-25-24-21(29(22)16-9-7-6-8-10-16)15-12-17(30-2)20(32-4)18(13-15)31-3/h12-13,16H,5-11,14H2,1-4H3. The molecule has 2 aromatic heterocycles. The SMILES string of the molecule is CCCn1nnnc1CSc1nnc(-c2cc(OC)c(OC)c(OC)c2)n1C1CCCCC1. The van der Waals surface area contributed by atoms with Crippen molar-refractivity contribution in [1.82, 2.24) is 35.0 Å². The highest BCUT2D eigenvalue weighted by molar-refractivity contribution is 7.98. The van der Waals surface area contributed by atoms with E-state index in [9.17, 15) is 0 Å². The van der Waals surface area contributed by atoms with Crippen molar-refractivity contribution in [2.24, 2.45) is 0 Å². The number of thioether (sulfide) groups is 1. The number of methoxy groups -OCH3 is 3. The minimum Gasteiger partial charge on any atom is -0.493 e. The van der Waals surface area contributed by atoms with E-state index in [2.05, 4.69) is 37.2 Å². The van der Waals surface area contributed by atoms with Crippen molar-refractivity contribution in [1.29, 1.82) is 0 Å². The molecule has 0 bridgehead atoms. The number of tetrazole rings is 1. The van der Waals surface area contributed by atoms with Crippen molar-refractivity contribution in [3.8, 4) is 28.6 Å². The van der Waals surface area contributed by atoms with Gasteiger partial charge in [0, 0.05) is 18.2 Å². The lowest BCUT2D eigenvalue weighted by Gasteiger charge is -2.26.